The number of rotatable bonds is 2. The van der Waals surface area contributed by atoms with Gasteiger partial charge >= 0.3 is 6.03 Å². The molecule has 0 spiro atoms. The summed E-state index contributed by atoms with van der Waals surface area (Å²) in [4.78, 5) is 21.3. The first-order valence-corrected chi connectivity index (χ1v) is 8.81. The van der Waals surface area contributed by atoms with E-state index in [4.69, 9.17) is 11.5 Å². The smallest absolute Gasteiger partial charge is 0.323 e. The number of aromatic nitrogens is 2. The second kappa shape index (κ2) is 12.6. The molecular formula is C21H28Cl2N6O4. The molecule has 12 heteroatoms. The number of amides is 2. The molecule has 33 heavy (non-hydrogen) atoms. The third-order valence-corrected chi connectivity index (χ3v) is 4.45. The van der Waals surface area contributed by atoms with Gasteiger partial charge in [0.15, 0.2) is 0 Å². The number of halogens is 2. The maximum Gasteiger partial charge on any atom is 0.323 e. The second-order valence-electron chi connectivity index (χ2n) is 6.75. The van der Waals surface area contributed by atoms with Crippen molar-refractivity contribution >= 4 is 75.4 Å². The number of nitrogens with two attached hydrogens (primary N) is 2. The van der Waals surface area contributed by atoms with Crippen LogP contribution in [-0.2, 0) is 0 Å². The normalized spacial score (nSPS) is 9.27. The number of nitrogens with one attached hydrogen (secondary N) is 2. The Bertz CT molecular complexity index is 1160. The lowest BCUT2D eigenvalue weighted by atomic mass is 10.1. The van der Waals surface area contributed by atoms with E-state index in [0.717, 1.165) is 33.2 Å². The molecule has 180 valence electrons. The predicted octanol–water partition coefficient (Wildman–Crippen LogP) is 2.58. The highest BCUT2D eigenvalue weighted by molar-refractivity contribution is 6.03. The fourth-order valence-corrected chi connectivity index (χ4v) is 3.23. The van der Waals surface area contributed by atoms with Gasteiger partial charge in [-0.05, 0) is 62.4 Å². The van der Waals surface area contributed by atoms with E-state index in [1.807, 2.05) is 38.1 Å². The van der Waals surface area contributed by atoms with Gasteiger partial charge < -0.3 is 38.5 Å². The summed E-state index contributed by atoms with van der Waals surface area (Å²) in [6, 6.07) is 14.1. The summed E-state index contributed by atoms with van der Waals surface area (Å²) >= 11 is 0. The van der Waals surface area contributed by atoms with Gasteiger partial charge in [-0.2, -0.15) is 0 Å². The minimum atomic E-state index is -0.365. The topological polar surface area (TPSA) is 213 Å². The summed E-state index contributed by atoms with van der Waals surface area (Å²) < 4.78 is 0. The number of hydrogen-bond acceptors (Lipinski definition) is 5. The molecule has 2 amide bonds. The van der Waals surface area contributed by atoms with Crippen LogP contribution >= 0.6 is 24.8 Å². The zero-order valence-electron chi connectivity index (χ0n) is 17.9. The fraction of sp³-hybridized carbons (Fsp3) is 0.0952. The van der Waals surface area contributed by atoms with E-state index in [2.05, 4.69) is 20.6 Å². The third kappa shape index (κ3) is 6.78. The molecule has 2 heterocycles. The Hall–Kier alpha value is -3.41. The molecule has 12 N–H and O–H groups in total. The van der Waals surface area contributed by atoms with Crippen molar-refractivity contribution in [3.8, 4) is 0 Å². The fourth-order valence-electron chi connectivity index (χ4n) is 3.23. The van der Waals surface area contributed by atoms with Crippen molar-refractivity contribution in [1.82, 2.24) is 9.97 Å². The Morgan fingerprint density at radius 1 is 0.697 bits per heavy atom. The largest absolute Gasteiger partial charge is 0.412 e. The van der Waals surface area contributed by atoms with E-state index in [-0.39, 0.29) is 47.3 Å². The van der Waals surface area contributed by atoms with Crippen LogP contribution in [0.1, 0.15) is 11.4 Å². The lowest BCUT2D eigenvalue weighted by Crippen LogP contribution is -2.19. The molecule has 2 aromatic carbocycles. The second-order valence-corrected chi connectivity index (χ2v) is 6.75. The molecule has 0 fully saturated rings. The van der Waals surface area contributed by atoms with Crippen LogP contribution in [0.4, 0.5) is 27.5 Å². The van der Waals surface area contributed by atoms with Crippen LogP contribution in [-0.4, -0.2) is 32.4 Å². The summed E-state index contributed by atoms with van der Waals surface area (Å²) in [6.07, 6.45) is 0. The van der Waals surface area contributed by atoms with Crippen LogP contribution in [0, 0.1) is 13.8 Å². The first-order chi connectivity index (χ1) is 13.4. The molecule has 0 atom stereocenters. The lowest BCUT2D eigenvalue weighted by molar-refractivity contribution is 0.262. The average Bonchev–Trinajstić information content (AvgIpc) is 2.62. The average molecular weight is 499 g/mol. The number of hydrogen-bond donors (Lipinski definition) is 4. The number of pyridine rings is 2. The van der Waals surface area contributed by atoms with E-state index in [0.29, 0.717) is 22.7 Å². The molecule has 4 rings (SSSR count). The van der Waals surface area contributed by atoms with Gasteiger partial charge in [-0.1, -0.05) is 0 Å². The highest BCUT2D eigenvalue weighted by Crippen LogP contribution is 2.26. The Kier molecular flexibility index (Phi) is 12.1. The maximum absolute atomic E-state index is 12.4. The Balaban J connectivity index is 0. The van der Waals surface area contributed by atoms with Crippen molar-refractivity contribution in [3.05, 3.63) is 59.9 Å². The van der Waals surface area contributed by atoms with Crippen LogP contribution < -0.4 is 22.1 Å². The van der Waals surface area contributed by atoms with Crippen LogP contribution in [0.3, 0.4) is 0 Å². The van der Waals surface area contributed by atoms with E-state index >= 15 is 0 Å². The molecule has 2 aromatic heterocycles. The number of urea groups is 1. The van der Waals surface area contributed by atoms with Gasteiger partial charge in [0.1, 0.15) is 0 Å². The standard InChI is InChI=1S/C21H20N6O.2ClH.3H2O/c1-11-7-17(22)15-9-13(3-5-19(15)24-11)26-21(28)27-14-4-6-20-16(10-14)18(23)8-12(2)25-20;;;;;/h3-10H,1-2H3,(H2,22,24)(H2,23,25)(H2,26,27,28);2*1H;3*1H2. The molecule has 0 bridgehead atoms. The van der Waals surface area contributed by atoms with Gasteiger partial charge in [0.25, 0.3) is 0 Å². The summed E-state index contributed by atoms with van der Waals surface area (Å²) in [7, 11) is 0. The van der Waals surface area contributed by atoms with Crippen molar-refractivity contribution in [2.24, 2.45) is 0 Å². The lowest BCUT2D eigenvalue weighted by Gasteiger charge is -2.11. The van der Waals surface area contributed by atoms with Crippen LogP contribution in [0.2, 0.25) is 0 Å². The number of aryl methyl sites for hydroxylation is 2. The summed E-state index contributed by atoms with van der Waals surface area (Å²) in [5.74, 6) is 0. The maximum atomic E-state index is 12.4. The van der Waals surface area contributed by atoms with Gasteiger partial charge in [0.05, 0.1) is 11.0 Å². The van der Waals surface area contributed by atoms with E-state index in [9.17, 15) is 4.79 Å². The highest BCUT2D eigenvalue weighted by atomic mass is 35.5. The monoisotopic (exact) mass is 498 g/mol. The van der Waals surface area contributed by atoms with E-state index in [1.54, 1.807) is 24.3 Å². The molecule has 4 aromatic rings. The van der Waals surface area contributed by atoms with Gasteiger partial charge in [-0.25, -0.2) is 4.79 Å². The van der Waals surface area contributed by atoms with Gasteiger partial charge in [-0.15, -0.1) is 24.8 Å². The number of nitrogen functional groups attached to an aromatic ring is 2. The number of nitrogens with zero attached hydrogens (tertiary/aromatic N) is 2. The van der Waals surface area contributed by atoms with Crippen molar-refractivity contribution in [1.29, 1.82) is 0 Å². The van der Waals surface area contributed by atoms with E-state index in [1.165, 1.54) is 0 Å². The zero-order valence-corrected chi connectivity index (χ0v) is 19.5. The van der Waals surface area contributed by atoms with Gasteiger partial charge in [0.2, 0.25) is 0 Å². The number of benzene rings is 2. The quantitative estimate of drug-likeness (QED) is 0.326. The molecule has 0 aliphatic heterocycles. The molecule has 0 aliphatic rings. The SMILES string of the molecule is Cc1cc(N)c2cc(NC(=O)Nc3ccc4nc(C)cc(N)c4c3)ccc2n1.Cl.Cl.O.O.O. The third-order valence-electron chi connectivity index (χ3n) is 4.45. The van der Waals surface area contributed by atoms with Crippen molar-refractivity contribution < 1.29 is 21.2 Å². The number of carbonyl (C=O) groups excluding carboxylic acids is 1. The minimum absolute atomic E-state index is 0. The highest BCUT2D eigenvalue weighted by Gasteiger charge is 2.08. The summed E-state index contributed by atoms with van der Waals surface area (Å²) in [5, 5.41) is 7.22. The summed E-state index contributed by atoms with van der Waals surface area (Å²) in [5.41, 5.74) is 17.9. The molecule has 0 saturated carbocycles. The van der Waals surface area contributed by atoms with Crippen molar-refractivity contribution in [2.75, 3.05) is 22.1 Å². The summed E-state index contributed by atoms with van der Waals surface area (Å²) in [6.45, 7) is 3.78. The van der Waals surface area contributed by atoms with Crippen LogP contribution in [0.5, 0.6) is 0 Å². The first kappa shape index (κ1) is 31.8. The number of fused-ring (bicyclic) bond motifs is 2. The number of anilines is 4. The Labute approximate surface area is 202 Å². The predicted molar refractivity (Wildman–Crippen MR) is 140 cm³/mol. The Morgan fingerprint density at radius 2 is 1.06 bits per heavy atom. The molecule has 0 aliphatic carbocycles. The molecular weight excluding hydrogens is 471 g/mol. The van der Waals surface area contributed by atoms with Crippen molar-refractivity contribution in [2.45, 2.75) is 13.8 Å². The first-order valence-electron chi connectivity index (χ1n) is 8.81. The van der Waals surface area contributed by atoms with Crippen LogP contribution in [0.25, 0.3) is 21.8 Å². The molecule has 0 radical (unpaired) electrons. The van der Waals surface area contributed by atoms with E-state index < -0.39 is 0 Å². The molecule has 0 unspecified atom stereocenters. The number of carbonyl (C=O) groups is 1. The molecule has 10 nitrogen and oxygen atoms in total. The zero-order chi connectivity index (χ0) is 19.8. The van der Waals surface area contributed by atoms with Crippen LogP contribution in [0.15, 0.2) is 48.5 Å². The van der Waals surface area contributed by atoms with Crippen molar-refractivity contribution in [3.63, 3.8) is 0 Å². The minimum Gasteiger partial charge on any atom is -0.412 e. The Morgan fingerprint density at radius 3 is 1.42 bits per heavy atom. The molecule has 0 saturated heterocycles. The van der Waals surface area contributed by atoms with Gasteiger partial charge in [-0.3, -0.25) is 9.97 Å². The van der Waals surface area contributed by atoms with Gasteiger partial charge in [0, 0.05) is 44.9 Å².